The van der Waals surface area contributed by atoms with Crippen molar-refractivity contribution in [3.05, 3.63) is 36.5 Å². The molecule has 2 aromatic heterocycles. The van der Waals surface area contributed by atoms with Crippen LogP contribution in [-0.2, 0) is 0 Å². The minimum Gasteiger partial charge on any atom is -0.454 e. The quantitative estimate of drug-likeness (QED) is 0.695. The second-order valence-electron chi connectivity index (χ2n) is 4.60. The Morgan fingerprint density at radius 2 is 2.10 bits per heavy atom. The number of fused-ring (bicyclic) bond motifs is 2. The van der Waals surface area contributed by atoms with E-state index in [0.717, 1.165) is 39.2 Å². The second kappa shape index (κ2) is 4.96. The highest BCUT2D eigenvalue weighted by Crippen LogP contribution is 2.35. The number of rotatable bonds is 3. The van der Waals surface area contributed by atoms with Crippen LogP contribution < -0.4 is 9.47 Å². The van der Waals surface area contributed by atoms with Crippen molar-refractivity contribution in [2.24, 2.45) is 0 Å². The van der Waals surface area contributed by atoms with Crippen molar-refractivity contribution in [1.82, 2.24) is 14.6 Å². The smallest absolute Gasteiger partial charge is 0.231 e. The summed E-state index contributed by atoms with van der Waals surface area (Å²) in [5, 5.41) is 5.54. The molecular weight excluding hydrogens is 286 g/mol. The summed E-state index contributed by atoms with van der Waals surface area (Å²) in [6, 6.07) is 9.83. The maximum Gasteiger partial charge on any atom is 0.231 e. The molecule has 3 heterocycles. The topological polar surface area (TPSA) is 48.7 Å². The molecule has 0 amide bonds. The van der Waals surface area contributed by atoms with Crippen molar-refractivity contribution in [3.8, 4) is 22.8 Å². The summed E-state index contributed by atoms with van der Waals surface area (Å²) in [6.07, 6.45) is 1.94. The molecule has 0 saturated heterocycles. The Kier molecular flexibility index (Phi) is 2.96. The van der Waals surface area contributed by atoms with Gasteiger partial charge in [-0.25, -0.2) is 9.50 Å². The number of imidazole rings is 1. The first-order valence-electron chi connectivity index (χ1n) is 6.73. The second-order valence-corrected chi connectivity index (χ2v) is 5.89. The molecule has 106 valence electrons. The standard InChI is InChI=1S/C15H13N3O2S/c1-2-21-15-6-5-14-16-11(8-18(14)17-15)10-3-4-12-13(7-10)20-9-19-12/h3-8H,2,9H2,1H3. The molecule has 0 fully saturated rings. The third-order valence-corrected chi connectivity index (χ3v) is 4.06. The summed E-state index contributed by atoms with van der Waals surface area (Å²) < 4.78 is 12.6. The first-order chi connectivity index (χ1) is 10.3. The van der Waals surface area contributed by atoms with E-state index in [0.29, 0.717) is 0 Å². The van der Waals surface area contributed by atoms with Gasteiger partial charge in [0.25, 0.3) is 0 Å². The lowest BCUT2D eigenvalue weighted by Crippen LogP contribution is -1.92. The van der Waals surface area contributed by atoms with Gasteiger partial charge in [-0.3, -0.25) is 0 Å². The highest BCUT2D eigenvalue weighted by atomic mass is 32.2. The lowest BCUT2D eigenvalue weighted by atomic mass is 10.1. The minimum absolute atomic E-state index is 0.281. The SMILES string of the molecule is CCSc1ccc2nc(-c3ccc4c(c3)OCO4)cn2n1. The molecule has 0 radical (unpaired) electrons. The Hall–Kier alpha value is -2.21. The molecule has 0 N–H and O–H groups in total. The van der Waals surface area contributed by atoms with Crippen LogP contribution in [0.4, 0.5) is 0 Å². The van der Waals surface area contributed by atoms with Gasteiger partial charge in [-0.2, -0.15) is 5.10 Å². The molecule has 1 aliphatic rings. The fourth-order valence-electron chi connectivity index (χ4n) is 2.28. The molecule has 0 bridgehead atoms. The molecule has 0 saturated carbocycles. The molecule has 0 atom stereocenters. The van der Waals surface area contributed by atoms with Gasteiger partial charge in [0, 0.05) is 5.56 Å². The fraction of sp³-hybridized carbons (Fsp3) is 0.200. The first kappa shape index (κ1) is 12.5. The third kappa shape index (κ3) is 2.21. The third-order valence-electron chi connectivity index (χ3n) is 3.26. The van der Waals surface area contributed by atoms with Crippen LogP contribution in [0.2, 0.25) is 0 Å². The number of ether oxygens (including phenoxy) is 2. The van der Waals surface area contributed by atoms with E-state index < -0.39 is 0 Å². The molecule has 0 spiro atoms. The minimum atomic E-state index is 0.281. The van der Waals surface area contributed by atoms with Gasteiger partial charge in [0.05, 0.1) is 11.9 Å². The zero-order valence-corrected chi connectivity index (χ0v) is 12.3. The van der Waals surface area contributed by atoms with Gasteiger partial charge in [-0.15, -0.1) is 11.8 Å². The summed E-state index contributed by atoms with van der Waals surface area (Å²) in [6.45, 7) is 2.39. The maximum absolute atomic E-state index is 5.41. The average molecular weight is 299 g/mol. The van der Waals surface area contributed by atoms with E-state index >= 15 is 0 Å². The Labute approximate surface area is 125 Å². The fourth-order valence-corrected chi connectivity index (χ4v) is 2.89. The van der Waals surface area contributed by atoms with E-state index in [4.69, 9.17) is 9.47 Å². The van der Waals surface area contributed by atoms with E-state index in [-0.39, 0.29) is 6.79 Å². The van der Waals surface area contributed by atoms with Gasteiger partial charge < -0.3 is 9.47 Å². The van der Waals surface area contributed by atoms with Crippen molar-refractivity contribution in [2.45, 2.75) is 11.9 Å². The lowest BCUT2D eigenvalue weighted by Gasteiger charge is -1.98. The Bertz CT molecular complexity index is 816. The van der Waals surface area contributed by atoms with Crippen LogP contribution in [0, 0.1) is 0 Å². The summed E-state index contributed by atoms with van der Waals surface area (Å²) in [7, 11) is 0. The predicted octanol–water partition coefficient (Wildman–Crippen LogP) is 3.24. The van der Waals surface area contributed by atoms with Crippen LogP contribution in [0.15, 0.2) is 41.6 Å². The number of thioether (sulfide) groups is 1. The molecule has 1 aromatic carbocycles. The Balaban J connectivity index is 1.76. The molecule has 6 heteroatoms. The monoisotopic (exact) mass is 299 g/mol. The van der Waals surface area contributed by atoms with Crippen LogP contribution in [0.3, 0.4) is 0 Å². The molecule has 3 aromatic rings. The maximum atomic E-state index is 5.41. The number of benzene rings is 1. The molecule has 1 aliphatic heterocycles. The van der Waals surface area contributed by atoms with Crippen LogP contribution in [0.5, 0.6) is 11.5 Å². The first-order valence-corrected chi connectivity index (χ1v) is 7.71. The zero-order chi connectivity index (χ0) is 14.2. The van der Waals surface area contributed by atoms with Gasteiger partial charge in [-0.1, -0.05) is 6.92 Å². The van der Waals surface area contributed by atoms with Crippen LogP contribution in [0.25, 0.3) is 16.9 Å². The summed E-state index contributed by atoms with van der Waals surface area (Å²) in [5.74, 6) is 2.55. The summed E-state index contributed by atoms with van der Waals surface area (Å²) >= 11 is 1.72. The molecule has 4 rings (SSSR count). The van der Waals surface area contributed by atoms with Crippen molar-refractivity contribution >= 4 is 17.4 Å². The molecular formula is C15H13N3O2S. The number of hydrogen-bond donors (Lipinski definition) is 0. The van der Waals surface area contributed by atoms with Crippen molar-refractivity contribution in [2.75, 3.05) is 12.5 Å². The van der Waals surface area contributed by atoms with E-state index in [1.807, 2.05) is 41.0 Å². The molecule has 0 aliphatic carbocycles. The largest absolute Gasteiger partial charge is 0.454 e. The van der Waals surface area contributed by atoms with E-state index in [1.165, 1.54) is 0 Å². The van der Waals surface area contributed by atoms with Crippen LogP contribution >= 0.6 is 11.8 Å². The van der Waals surface area contributed by atoms with Crippen LogP contribution in [-0.4, -0.2) is 27.1 Å². The normalized spacial score (nSPS) is 13.0. The summed E-state index contributed by atoms with van der Waals surface area (Å²) in [4.78, 5) is 4.60. The predicted molar refractivity (Wildman–Crippen MR) is 80.9 cm³/mol. The van der Waals surface area contributed by atoms with Gasteiger partial charge in [0.15, 0.2) is 17.1 Å². The Morgan fingerprint density at radius 3 is 3.00 bits per heavy atom. The van der Waals surface area contributed by atoms with Crippen molar-refractivity contribution in [1.29, 1.82) is 0 Å². The highest BCUT2D eigenvalue weighted by molar-refractivity contribution is 7.99. The van der Waals surface area contributed by atoms with Gasteiger partial charge in [0.2, 0.25) is 6.79 Å². The van der Waals surface area contributed by atoms with Crippen LogP contribution in [0.1, 0.15) is 6.92 Å². The summed E-state index contributed by atoms with van der Waals surface area (Å²) in [5.41, 5.74) is 2.71. The zero-order valence-electron chi connectivity index (χ0n) is 11.4. The molecule has 21 heavy (non-hydrogen) atoms. The van der Waals surface area contributed by atoms with E-state index in [1.54, 1.807) is 11.8 Å². The van der Waals surface area contributed by atoms with Crippen molar-refractivity contribution in [3.63, 3.8) is 0 Å². The number of aromatic nitrogens is 3. The molecule has 5 nitrogen and oxygen atoms in total. The Morgan fingerprint density at radius 1 is 1.19 bits per heavy atom. The lowest BCUT2D eigenvalue weighted by molar-refractivity contribution is 0.174. The van der Waals surface area contributed by atoms with E-state index in [2.05, 4.69) is 17.0 Å². The number of hydrogen-bond acceptors (Lipinski definition) is 5. The van der Waals surface area contributed by atoms with E-state index in [9.17, 15) is 0 Å². The van der Waals surface area contributed by atoms with Crippen molar-refractivity contribution < 1.29 is 9.47 Å². The highest BCUT2D eigenvalue weighted by Gasteiger charge is 2.15. The average Bonchev–Trinajstić information content (AvgIpc) is 3.12. The van der Waals surface area contributed by atoms with Gasteiger partial charge in [0.1, 0.15) is 5.03 Å². The molecule has 0 unspecified atom stereocenters. The number of nitrogens with zero attached hydrogens (tertiary/aromatic N) is 3. The van der Waals surface area contributed by atoms with Gasteiger partial charge in [-0.05, 0) is 36.1 Å². The van der Waals surface area contributed by atoms with Gasteiger partial charge >= 0.3 is 0 Å².